The molecule has 1 aliphatic rings. The van der Waals surface area contributed by atoms with Gasteiger partial charge in [-0.2, -0.15) is 0 Å². The van der Waals surface area contributed by atoms with Gasteiger partial charge in [-0.3, -0.25) is 0 Å². The quantitative estimate of drug-likeness (QED) is 0.833. The summed E-state index contributed by atoms with van der Waals surface area (Å²) in [7, 11) is 1.66. The van der Waals surface area contributed by atoms with Crippen LogP contribution in [0.4, 0.5) is 0 Å². The Morgan fingerprint density at radius 3 is 2.65 bits per heavy atom. The van der Waals surface area contributed by atoms with Gasteiger partial charge in [-0.05, 0) is 37.6 Å². The summed E-state index contributed by atoms with van der Waals surface area (Å²) in [6.07, 6.45) is 1.76. The maximum absolute atomic E-state index is 10.5. The SMILES string of the molecule is COc1ccc(CC(C)(O)C2CCNC2)cc1. The molecule has 2 rings (SSSR count). The Morgan fingerprint density at radius 2 is 2.12 bits per heavy atom. The van der Waals surface area contributed by atoms with Gasteiger partial charge in [0.25, 0.3) is 0 Å². The van der Waals surface area contributed by atoms with Gasteiger partial charge in [0.1, 0.15) is 5.75 Å². The summed E-state index contributed by atoms with van der Waals surface area (Å²) in [5.41, 5.74) is 0.528. The molecular weight excluding hydrogens is 214 g/mol. The van der Waals surface area contributed by atoms with Gasteiger partial charge in [0.2, 0.25) is 0 Å². The molecule has 3 nitrogen and oxygen atoms in total. The van der Waals surface area contributed by atoms with E-state index in [1.807, 2.05) is 31.2 Å². The molecule has 2 unspecified atom stereocenters. The highest BCUT2D eigenvalue weighted by Crippen LogP contribution is 2.27. The van der Waals surface area contributed by atoms with Crippen LogP contribution in [0.1, 0.15) is 18.9 Å². The zero-order valence-electron chi connectivity index (χ0n) is 10.6. The summed E-state index contributed by atoms with van der Waals surface area (Å²) in [5, 5.41) is 13.8. The number of rotatable bonds is 4. The average Bonchev–Trinajstić information content (AvgIpc) is 2.84. The van der Waals surface area contributed by atoms with E-state index in [4.69, 9.17) is 4.74 Å². The van der Waals surface area contributed by atoms with Crippen LogP contribution in [0.2, 0.25) is 0 Å². The summed E-state index contributed by atoms with van der Waals surface area (Å²) >= 11 is 0. The molecule has 0 amide bonds. The summed E-state index contributed by atoms with van der Waals surface area (Å²) in [5.74, 6) is 1.21. The summed E-state index contributed by atoms with van der Waals surface area (Å²) < 4.78 is 5.13. The maximum atomic E-state index is 10.5. The molecular formula is C14H21NO2. The molecule has 2 N–H and O–H groups in total. The maximum Gasteiger partial charge on any atom is 0.118 e. The van der Waals surface area contributed by atoms with E-state index in [0.717, 1.165) is 30.8 Å². The van der Waals surface area contributed by atoms with Crippen LogP contribution in [-0.4, -0.2) is 30.9 Å². The third-order valence-electron chi connectivity index (χ3n) is 3.66. The van der Waals surface area contributed by atoms with Gasteiger partial charge >= 0.3 is 0 Å². The van der Waals surface area contributed by atoms with E-state index in [2.05, 4.69) is 5.32 Å². The highest BCUT2D eigenvalue weighted by molar-refractivity contribution is 5.28. The van der Waals surface area contributed by atoms with Gasteiger partial charge in [-0.1, -0.05) is 12.1 Å². The van der Waals surface area contributed by atoms with Crippen molar-refractivity contribution < 1.29 is 9.84 Å². The fraction of sp³-hybridized carbons (Fsp3) is 0.571. The van der Waals surface area contributed by atoms with E-state index in [0.29, 0.717) is 12.3 Å². The second-order valence-corrected chi connectivity index (χ2v) is 5.07. The predicted molar refractivity (Wildman–Crippen MR) is 68.3 cm³/mol. The van der Waals surface area contributed by atoms with Crippen molar-refractivity contribution in [3.8, 4) is 5.75 Å². The van der Waals surface area contributed by atoms with Crippen molar-refractivity contribution in [2.75, 3.05) is 20.2 Å². The van der Waals surface area contributed by atoms with Gasteiger partial charge < -0.3 is 15.2 Å². The van der Waals surface area contributed by atoms with Gasteiger partial charge in [0.15, 0.2) is 0 Å². The van der Waals surface area contributed by atoms with E-state index in [-0.39, 0.29) is 0 Å². The first-order valence-electron chi connectivity index (χ1n) is 6.18. The molecule has 1 saturated heterocycles. The third kappa shape index (κ3) is 2.99. The van der Waals surface area contributed by atoms with Crippen LogP contribution < -0.4 is 10.1 Å². The Labute approximate surface area is 103 Å². The van der Waals surface area contributed by atoms with E-state index in [1.54, 1.807) is 7.11 Å². The van der Waals surface area contributed by atoms with Crippen molar-refractivity contribution in [2.24, 2.45) is 5.92 Å². The molecule has 2 atom stereocenters. The van der Waals surface area contributed by atoms with Gasteiger partial charge in [-0.15, -0.1) is 0 Å². The molecule has 94 valence electrons. The fourth-order valence-corrected chi connectivity index (χ4v) is 2.49. The lowest BCUT2D eigenvalue weighted by molar-refractivity contribution is 0.00725. The minimum atomic E-state index is -0.627. The highest BCUT2D eigenvalue weighted by Gasteiger charge is 2.33. The molecule has 1 fully saturated rings. The van der Waals surface area contributed by atoms with Gasteiger partial charge in [0, 0.05) is 18.9 Å². The average molecular weight is 235 g/mol. The van der Waals surface area contributed by atoms with Crippen LogP contribution in [0.25, 0.3) is 0 Å². The van der Waals surface area contributed by atoms with Crippen LogP contribution in [-0.2, 0) is 6.42 Å². The van der Waals surface area contributed by atoms with E-state index in [1.165, 1.54) is 0 Å². The van der Waals surface area contributed by atoms with Crippen molar-refractivity contribution >= 4 is 0 Å². The monoisotopic (exact) mass is 235 g/mol. The molecule has 17 heavy (non-hydrogen) atoms. The lowest BCUT2D eigenvalue weighted by Crippen LogP contribution is -2.38. The lowest BCUT2D eigenvalue weighted by Gasteiger charge is -2.29. The van der Waals surface area contributed by atoms with Crippen LogP contribution in [0.5, 0.6) is 5.75 Å². The van der Waals surface area contributed by atoms with Crippen LogP contribution in [0, 0.1) is 5.92 Å². The number of nitrogens with one attached hydrogen (secondary N) is 1. The Hall–Kier alpha value is -1.06. The summed E-state index contributed by atoms with van der Waals surface area (Å²) in [4.78, 5) is 0. The number of hydrogen-bond donors (Lipinski definition) is 2. The largest absolute Gasteiger partial charge is 0.497 e. The summed E-state index contributed by atoms with van der Waals surface area (Å²) in [6, 6.07) is 7.93. The van der Waals surface area contributed by atoms with E-state index < -0.39 is 5.60 Å². The van der Waals surface area contributed by atoms with Gasteiger partial charge in [0.05, 0.1) is 12.7 Å². The molecule has 0 bridgehead atoms. The lowest BCUT2D eigenvalue weighted by atomic mass is 9.83. The molecule has 0 aromatic heterocycles. The molecule has 0 aliphatic carbocycles. The first-order valence-corrected chi connectivity index (χ1v) is 6.18. The second-order valence-electron chi connectivity index (χ2n) is 5.07. The highest BCUT2D eigenvalue weighted by atomic mass is 16.5. The smallest absolute Gasteiger partial charge is 0.118 e. The normalized spacial score (nSPS) is 23.4. The van der Waals surface area contributed by atoms with Crippen LogP contribution in [0.3, 0.4) is 0 Å². The van der Waals surface area contributed by atoms with E-state index >= 15 is 0 Å². The zero-order valence-corrected chi connectivity index (χ0v) is 10.6. The Morgan fingerprint density at radius 1 is 1.41 bits per heavy atom. The number of hydrogen-bond acceptors (Lipinski definition) is 3. The molecule has 3 heteroatoms. The standard InChI is InChI=1S/C14H21NO2/c1-14(16,12-7-8-15-10-12)9-11-3-5-13(17-2)6-4-11/h3-6,12,15-16H,7-10H2,1-2H3. The molecule has 0 spiro atoms. The van der Waals surface area contributed by atoms with Crippen molar-refractivity contribution in [3.05, 3.63) is 29.8 Å². The van der Waals surface area contributed by atoms with Crippen molar-refractivity contribution in [1.82, 2.24) is 5.32 Å². The number of aliphatic hydroxyl groups is 1. The van der Waals surface area contributed by atoms with Crippen molar-refractivity contribution in [2.45, 2.75) is 25.4 Å². The van der Waals surface area contributed by atoms with Gasteiger partial charge in [-0.25, -0.2) is 0 Å². The molecule has 1 heterocycles. The molecule has 1 aromatic carbocycles. The Bertz CT molecular complexity index is 353. The zero-order chi connectivity index (χ0) is 12.3. The minimum Gasteiger partial charge on any atom is -0.497 e. The number of methoxy groups -OCH3 is 1. The first kappa shape index (κ1) is 12.4. The van der Waals surface area contributed by atoms with Crippen molar-refractivity contribution in [3.63, 3.8) is 0 Å². The van der Waals surface area contributed by atoms with E-state index in [9.17, 15) is 5.11 Å². The molecule has 0 saturated carbocycles. The molecule has 1 aliphatic heterocycles. The van der Waals surface area contributed by atoms with Crippen LogP contribution >= 0.6 is 0 Å². The fourth-order valence-electron chi connectivity index (χ4n) is 2.49. The first-order chi connectivity index (χ1) is 8.12. The predicted octanol–water partition coefficient (Wildman–Crippen LogP) is 1.60. The molecule has 1 aromatic rings. The van der Waals surface area contributed by atoms with Crippen LogP contribution in [0.15, 0.2) is 24.3 Å². The molecule has 0 radical (unpaired) electrons. The third-order valence-corrected chi connectivity index (χ3v) is 3.66. The Kier molecular flexibility index (Phi) is 3.69. The minimum absolute atomic E-state index is 0.351. The topological polar surface area (TPSA) is 41.5 Å². The number of ether oxygens (including phenoxy) is 1. The van der Waals surface area contributed by atoms with Crippen molar-refractivity contribution in [1.29, 1.82) is 0 Å². The Balaban J connectivity index is 2.02. The number of benzene rings is 1. The second kappa shape index (κ2) is 5.07. The summed E-state index contributed by atoms with van der Waals surface area (Å²) in [6.45, 7) is 3.88.